The lowest BCUT2D eigenvalue weighted by Crippen LogP contribution is -2.27. The van der Waals surface area contributed by atoms with Crippen LogP contribution in [0.2, 0.25) is 0 Å². The molecule has 60 valence electrons. The number of carbonyl (C=O) groups excluding carboxylic acids is 1. The molecule has 2 rings (SSSR count). The van der Waals surface area contributed by atoms with E-state index in [-0.39, 0.29) is 17.9 Å². The Kier molecular flexibility index (Phi) is 1.25. The van der Waals surface area contributed by atoms with Gasteiger partial charge in [-0.15, -0.1) is 0 Å². The number of aliphatic hydroxyl groups excluding tert-OH is 1. The molecule has 0 spiro atoms. The second-order valence-corrected chi connectivity index (χ2v) is 3.72. The lowest BCUT2D eigenvalue weighted by molar-refractivity contribution is -0.124. The third-order valence-electron chi connectivity index (χ3n) is 3.20. The molecule has 1 N–H and O–H groups in total. The Labute approximate surface area is 65.9 Å². The Morgan fingerprint density at radius 2 is 2.55 bits per heavy atom. The van der Waals surface area contributed by atoms with Gasteiger partial charge >= 0.3 is 0 Å². The van der Waals surface area contributed by atoms with Crippen molar-refractivity contribution in [2.75, 3.05) is 6.61 Å². The molecule has 3 atom stereocenters. The van der Waals surface area contributed by atoms with E-state index in [1.165, 1.54) is 0 Å². The van der Waals surface area contributed by atoms with Gasteiger partial charge in [0.25, 0.3) is 0 Å². The van der Waals surface area contributed by atoms with E-state index in [2.05, 4.69) is 6.08 Å². The quantitative estimate of drug-likeness (QED) is 0.563. The number of ketones is 1. The summed E-state index contributed by atoms with van der Waals surface area (Å²) in [6.45, 7) is 2.07. The van der Waals surface area contributed by atoms with Gasteiger partial charge in [-0.25, -0.2) is 0 Å². The second kappa shape index (κ2) is 1.95. The van der Waals surface area contributed by atoms with Crippen molar-refractivity contribution >= 4 is 5.78 Å². The highest BCUT2D eigenvalue weighted by Gasteiger charge is 2.52. The fourth-order valence-corrected chi connectivity index (χ4v) is 2.29. The average Bonchev–Trinajstić information content (AvgIpc) is 2.38. The Hall–Kier alpha value is -0.630. The van der Waals surface area contributed by atoms with Crippen molar-refractivity contribution in [3.63, 3.8) is 0 Å². The van der Waals surface area contributed by atoms with Crippen LogP contribution in [-0.4, -0.2) is 17.5 Å². The van der Waals surface area contributed by atoms with E-state index in [0.717, 1.165) is 0 Å². The van der Waals surface area contributed by atoms with Crippen LogP contribution in [0.4, 0.5) is 0 Å². The molecule has 3 unspecified atom stereocenters. The molecule has 2 heteroatoms. The number of fused-ring (bicyclic) bond motifs is 2. The van der Waals surface area contributed by atoms with E-state index in [9.17, 15) is 4.79 Å². The molecule has 0 heterocycles. The molecule has 11 heavy (non-hydrogen) atoms. The van der Waals surface area contributed by atoms with Crippen LogP contribution in [0.5, 0.6) is 0 Å². The minimum Gasteiger partial charge on any atom is -0.396 e. The van der Waals surface area contributed by atoms with Gasteiger partial charge < -0.3 is 5.11 Å². The molecule has 2 aliphatic carbocycles. The molecule has 0 radical (unpaired) electrons. The third-order valence-corrected chi connectivity index (χ3v) is 3.20. The van der Waals surface area contributed by atoms with Gasteiger partial charge in [0.05, 0.1) is 0 Å². The zero-order valence-corrected chi connectivity index (χ0v) is 6.58. The summed E-state index contributed by atoms with van der Waals surface area (Å²) in [5.74, 6) is 0.775. The summed E-state index contributed by atoms with van der Waals surface area (Å²) in [5, 5.41) is 9.04. The largest absolute Gasteiger partial charge is 0.396 e. The topological polar surface area (TPSA) is 37.3 Å². The predicted octanol–water partition coefficient (Wildman–Crippen LogP) is 0.760. The zero-order chi connectivity index (χ0) is 8.06. The molecule has 1 saturated carbocycles. The van der Waals surface area contributed by atoms with Gasteiger partial charge in [0.1, 0.15) is 5.78 Å². The maximum atomic E-state index is 11.4. The summed E-state index contributed by atoms with van der Waals surface area (Å²) in [4.78, 5) is 11.4. The van der Waals surface area contributed by atoms with Gasteiger partial charge in [0.2, 0.25) is 0 Å². The fraction of sp³-hybridized carbons (Fsp3) is 0.667. The minimum absolute atomic E-state index is 0.139. The van der Waals surface area contributed by atoms with Crippen LogP contribution in [0.25, 0.3) is 0 Å². The zero-order valence-electron chi connectivity index (χ0n) is 6.58. The number of carbonyl (C=O) groups is 1. The maximum Gasteiger partial charge on any atom is 0.143 e. The highest BCUT2D eigenvalue weighted by atomic mass is 16.3. The van der Waals surface area contributed by atoms with Gasteiger partial charge in [0, 0.05) is 24.4 Å². The molecule has 0 aliphatic heterocycles. The van der Waals surface area contributed by atoms with Crippen molar-refractivity contribution in [2.45, 2.75) is 13.3 Å². The van der Waals surface area contributed by atoms with Gasteiger partial charge in [-0.1, -0.05) is 12.2 Å². The Morgan fingerprint density at radius 3 is 2.82 bits per heavy atom. The monoisotopic (exact) mass is 152 g/mol. The Balaban J connectivity index is 2.38. The van der Waals surface area contributed by atoms with Crippen molar-refractivity contribution in [3.05, 3.63) is 12.2 Å². The highest BCUT2D eigenvalue weighted by Crippen LogP contribution is 2.50. The first-order valence-corrected chi connectivity index (χ1v) is 4.02. The molecule has 0 aromatic heterocycles. The van der Waals surface area contributed by atoms with Crippen LogP contribution in [-0.2, 0) is 4.79 Å². The van der Waals surface area contributed by atoms with Gasteiger partial charge in [-0.05, 0) is 12.8 Å². The van der Waals surface area contributed by atoms with Crippen molar-refractivity contribution in [1.29, 1.82) is 0 Å². The highest BCUT2D eigenvalue weighted by molar-refractivity contribution is 5.91. The number of hydrogen-bond donors (Lipinski definition) is 1. The first kappa shape index (κ1) is 7.04. The van der Waals surface area contributed by atoms with E-state index in [1.54, 1.807) is 0 Å². The summed E-state index contributed by atoms with van der Waals surface area (Å²) < 4.78 is 0. The predicted molar refractivity (Wildman–Crippen MR) is 40.9 cm³/mol. The van der Waals surface area contributed by atoms with Crippen LogP contribution in [0, 0.1) is 17.3 Å². The first-order chi connectivity index (χ1) is 5.18. The van der Waals surface area contributed by atoms with Crippen molar-refractivity contribution in [1.82, 2.24) is 0 Å². The summed E-state index contributed by atoms with van der Waals surface area (Å²) in [5.41, 5.74) is -0.334. The number of aliphatic hydroxyl groups is 1. The van der Waals surface area contributed by atoms with Crippen molar-refractivity contribution < 1.29 is 9.90 Å². The molecule has 0 saturated heterocycles. The van der Waals surface area contributed by atoms with Crippen LogP contribution < -0.4 is 0 Å². The molecule has 2 aliphatic rings. The Bertz CT molecular complexity index is 232. The normalized spacial score (nSPS) is 47.3. The van der Waals surface area contributed by atoms with Crippen LogP contribution in [0.1, 0.15) is 13.3 Å². The Morgan fingerprint density at radius 1 is 1.82 bits per heavy atom. The molecule has 2 nitrogen and oxygen atoms in total. The number of Topliss-reactive ketones (excluding diaryl/α,β-unsaturated/α-hetero) is 1. The third kappa shape index (κ3) is 0.679. The lowest BCUT2D eigenvalue weighted by Gasteiger charge is -2.21. The number of rotatable bonds is 1. The first-order valence-electron chi connectivity index (χ1n) is 4.02. The molecule has 0 amide bonds. The van der Waals surface area contributed by atoms with E-state index in [1.807, 2.05) is 13.0 Å². The second-order valence-electron chi connectivity index (χ2n) is 3.72. The molecule has 0 aromatic carbocycles. The summed E-state index contributed by atoms with van der Waals surface area (Å²) >= 11 is 0. The fourth-order valence-electron chi connectivity index (χ4n) is 2.29. The van der Waals surface area contributed by atoms with Crippen LogP contribution in [0.3, 0.4) is 0 Å². The molecule has 0 aromatic rings. The van der Waals surface area contributed by atoms with Gasteiger partial charge in [-0.2, -0.15) is 0 Å². The molecular weight excluding hydrogens is 140 g/mol. The maximum absolute atomic E-state index is 11.4. The van der Waals surface area contributed by atoms with E-state index < -0.39 is 0 Å². The number of allylic oxidation sites excluding steroid dienone is 2. The van der Waals surface area contributed by atoms with E-state index in [0.29, 0.717) is 18.1 Å². The van der Waals surface area contributed by atoms with Gasteiger partial charge in [-0.3, -0.25) is 4.79 Å². The van der Waals surface area contributed by atoms with Crippen LogP contribution >= 0.6 is 0 Å². The minimum atomic E-state index is -0.334. The summed E-state index contributed by atoms with van der Waals surface area (Å²) in [7, 11) is 0. The smallest absolute Gasteiger partial charge is 0.143 e. The standard InChI is InChI=1S/C9H12O2/c1-9-3-2-6(4-8(9)11)7(9)5-10/h2-3,6-7,10H,4-5H2,1H3. The lowest BCUT2D eigenvalue weighted by atomic mass is 9.82. The SMILES string of the molecule is CC12C=CC(CC1=O)C2CO. The van der Waals surface area contributed by atoms with Crippen molar-refractivity contribution in [3.8, 4) is 0 Å². The van der Waals surface area contributed by atoms with E-state index >= 15 is 0 Å². The number of hydrogen-bond acceptors (Lipinski definition) is 2. The summed E-state index contributed by atoms with van der Waals surface area (Å²) in [6.07, 6.45) is 4.67. The molecule has 2 bridgehead atoms. The van der Waals surface area contributed by atoms with Gasteiger partial charge in [0.15, 0.2) is 0 Å². The van der Waals surface area contributed by atoms with Crippen LogP contribution in [0.15, 0.2) is 12.2 Å². The molecule has 1 fully saturated rings. The van der Waals surface area contributed by atoms with Crippen molar-refractivity contribution in [2.24, 2.45) is 17.3 Å². The molecular formula is C9H12O2. The van der Waals surface area contributed by atoms with E-state index in [4.69, 9.17) is 5.11 Å². The summed E-state index contributed by atoms with van der Waals surface area (Å²) in [6, 6.07) is 0. The average molecular weight is 152 g/mol.